The van der Waals surface area contributed by atoms with E-state index in [2.05, 4.69) is 54.6 Å². The van der Waals surface area contributed by atoms with Crippen molar-refractivity contribution in [3.8, 4) is 10.4 Å². The van der Waals surface area contributed by atoms with E-state index in [0.29, 0.717) is 0 Å². The van der Waals surface area contributed by atoms with Crippen LogP contribution in [-0.4, -0.2) is 23.9 Å². The second-order valence-electron chi connectivity index (χ2n) is 6.14. The van der Waals surface area contributed by atoms with E-state index in [1.54, 1.807) is 6.08 Å². The number of thiophene rings is 1. The molecule has 3 heteroatoms. The molecule has 0 N–H and O–H groups in total. The molecule has 1 aliphatic rings. The van der Waals surface area contributed by atoms with Gasteiger partial charge in [0.05, 0.1) is 0 Å². The molecule has 1 aromatic heterocycles. The summed E-state index contributed by atoms with van der Waals surface area (Å²) in [6, 6.07) is 19.1. The van der Waals surface area contributed by atoms with Gasteiger partial charge in [0.15, 0.2) is 0 Å². The van der Waals surface area contributed by atoms with Gasteiger partial charge in [-0.15, -0.1) is 11.3 Å². The number of hydrogen-bond donors (Lipinski definition) is 0. The molecular weight excluding hydrogens is 314 g/mol. The van der Waals surface area contributed by atoms with E-state index in [1.165, 1.54) is 20.5 Å². The van der Waals surface area contributed by atoms with Crippen molar-refractivity contribution in [2.45, 2.75) is 12.8 Å². The number of carbonyl (C=O) groups excluding carboxylic acids is 1. The molecule has 1 amide bonds. The molecule has 4 rings (SSSR count). The first-order valence-electron chi connectivity index (χ1n) is 8.36. The molecule has 2 heterocycles. The summed E-state index contributed by atoms with van der Waals surface area (Å²) in [4.78, 5) is 15.2. The van der Waals surface area contributed by atoms with Crippen LogP contribution in [0, 0.1) is 0 Å². The summed E-state index contributed by atoms with van der Waals surface area (Å²) >= 11 is 1.81. The van der Waals surface area contributed by atoms with Crippen LogP contribution in [0.2, 0.25) is 0 Å². The first-order chi connectivity index (χ1) is 11.8. The van der Waals surface area contributed by atoms with Crippen molar-refractivity contribution < 1.29 is 4.79 Å². The molecule has 0 saturated carbocycles. The number of benzene rings is 2. The maximum Gasteiger partial charge on any atom is 0.246 e. The lowest BCUT2D eigenvalue weighted by atomic mass is 10.1. The highest BCUT2D eigenvalue weighted by Gasteiger charge is 2.14. The van der Waals surface area contributed by atoms with Gasteiger partial charge in [0.1, 0.15) is 0 Å². The summed E-state index contributed by atoms with van der Waals surface area (Å²) < 4.78 is 1.31. The topological polar surface area (TPSA) is 20.3 Å². The molecule has 0 unspecified atom stereocenters. The van der Waals surface area contributed by atoms with E-state index in [-0.39, 0.29) is 5.91 Å². The molecule has 1 aliphatic heterocycles. The van der Waals surface area contributed by atoms with Crippen LogP contribution in [0.4, 0.5) is 0 Å². The number of amides is 1. The molecule has 120 valence electrons. The third-order valence-corrected chi connectivity index (χ3v) is 5.62. The quantitative estimate of drug-likeness (QED) is 0.603. The van der Waals surface area contributed by atoms with E-state index < -0.39 is 0 Å². The van der Waals surface area contributed by atoms with Crippen LogP contribution in [-0.2, 0) is 4.79 Å². The van der Waals surface area contributed by atoms with Gasteiger partial charge in [0.2, 0.25) is 5.91 Å². The van der Waals surface area contributed by atoms with Crippen LogP contribution >= 0.6 is 11.3 Å². The molecule has 3 aromatic rings. The van der Waals surface area contributed by atoms with E-state index in [0.717, 1.165) is 31.5 Å². The van der Waals surface area contributed by atoms with Crippen molar-refractivity contribution in [3.63, 3.8) is 0 Å². The average Bonchev–Trinajstić information content (AvgIpc) is 3.29. The van der Waals surface area contributed by atoms with E-state index in [9.17, 15) is 4.79 Å². The van der Waals surface area contributed by atoms with Crippen molar-refractivity contribution in [3.05, 3.63) is 66.2 Å². The Bertz CT molecular complexity index is 853. The van der Waals surface area contributed by atoms with Crippen molar-refractivity contribution in [1.82, 2.24) is 4.90 Å². The minimum absolute atomic E-state index is 0.126. The molecular formula is C21H19NOS. The van der Waals surface area contributed by atoms with E-state index in [1.807, 2.05) is 22.3 Å². The van der Waals surface area contributed by atoms with Crippen LogP contribution in [0.5, 0.6) is 0 Å². The normalized spacial score (nSPS) is 14.8. The van der Waals surface area contributed by atoms with Crippen molar-refractivity contribution >= 4 is 33.4 Å². The molecule has 24 heavy (non-hydrogen) atoms. The first kappa shape index (κ1) is 15.2. The molecule has 0 radical (unpaired) electrons. The highest BCUT2D eigenvalue weighted by molar-refractivity contribution is 7.22. The summed E-state index contributed by atoms with van der Waals surface area (Å²) in [7, 11) is 0. The Morgan fingerprint density at radius 3 is 2.50 bits per heavy atom. The summed E-state index contributed by atoms with van der Waals surface area (Å²) in [5.74, 6) is 0.126. The van der Waals surface area contributed by atoms with Gasteiger partial charge in [-0.05, 0) is 47.6 Å². The van der Waals surface area contributed by atoms with E-state index in [4.69, 9.17) is 0 Å². The number of fused-ring (bicyclic) bond motifs is 1. The average molecular weight is 333 g/mol. The largest absolute Gasteiger partial charge is 0.339 e. The SMILES string of the molecule is O=C(/C=C/c1ccc(-c2cc3ccccc3s2)cc1)N1CCCC1. The minimum atomic E-state index is 0.126. The van der Waals surface area contributed by atoms with Crippen molar-refractivity contribution in [2.24, 2.45) is 0 Å². The zero-order chi connectivity index (χ0) is 16.4. The lowest BCUT2D eigenvalue weighted by molar-refractivity contribution is -0.124. The molecule has 0 spiro atoms. The minimum Gasteiger partial charge on any atom is -0.339 e. The Hall–Kier alpha value is -2.39. The maximum atomic E-state index is 12.0. The van der Waals surface area contributed by atoms with Crippen LogP contribution < -0.4 is 0 Å². The number of hydrogen-bond acceptors (Lipinski definition) is 2. The summed E-state index contributed by atoms with van der Waals surface area (Å²) in [5.41, 5.74) is 2.28. The predicted octanol–water partition coefficient (Wildman–Crippen LogP) is 5.20. The number of rotatable bonds is 3. The number of nitrogens with zero attached hydrogens (tertiary/aromatic N) is 1. The van der Waals surface area contributed by atoms with Crippen LogP contribution in [0.15, 0.2) is 60.7 Å². The van der Waals surface area contributed by atoms with Crippen LogP contribution in [0.25, 0.3) is 26.6 Å². The first-order valence-corrected chi connectivity index (χ1v) is 9.17. The zero-order valence-electron chi connectivity index (χ0n) is 13.4. The molecule has 1 fully saturated rings. The summed E-state index contributed by atoms with van der Waals surface area (Å²) in [6.07, 6.45) is 5.86. The Kier molecular flexibility index (Phi) is 4.18. The Morgan fingerprint density at radius 2 is 1.75 bits per heavy atom. The van der Waals surface area contributed by atoms with Gasteiger partial charge in [0, 0.05) is 28.7 Å². The lowest BCUT2D eigenvalue weighted by Crippen LogP contribution is -2.25. The fraction of sp³-hybridized carbons (Fsp3) is 0.190. The monoisotopic (exact) mass is 333 g/mol. The summed E-state index contributed by atoms with van der Waals surface area (Å²) in [5, 5.41) is 1.29. The Labute approximate surface area is 146 Å². The molecule has 0 aliphatic carbocycles. The third kappa shape index (κ3) is 3.13. The van der Waals surface area contributed by atoms with Gasteiger partial charge in [-0.1, -0.05) is 42.5 Å². The molecule has 2 nitrogen and oxygen atoms in total. The second kappa shape index (κ2) is 6.62. The number of carbonyl (C=O) groups is 1. The molecule has 0 atom stereocenters. The molecule has 1 saturated heterocycles. The zero-order valence-corrected chi connectivity index (χ0v) is 14.3. The Balaban J connectivity index is 1.50. The molecule has 0 bridgehead atoms. The van der Waals surface area contributed by atoms with Gasteiger partial charge < -0.3 is 4.90 Å². The lowest BCUT2D eigenvalue weighted by Gasteiger charge is -2.11. The van der Waals surface area contributed by atoms with Crippen LogP contribution in [0.3, 0.4) is 0 Å². The fourth-order valence-electron chi connectivity index (χ4n) is 3.09. The molecule has 2 aromatic carbocycles. The van der Waals surface area contributed by atoms with Gasteiger partial charge in [-0.3, -0.25) is 4.79 Å². The highest BCUT2D eigenvalue weighted by atomic mass is 32.1. The van der Waals surface area contributed by atoms with Crippen LogP contribution in [0.1, 0.15) is 18.4 Å². The third-order valence-electron chi connectivity index (χ3n) is 4.46. The van der Waals surface area contributed by atoms with Gasteiger partial charge in [0.25, 0.3) is 0 Å². The van der Waals surface area contributed by atoms with Gasteiger partial charge >= 0.3 is 0 Å². The van der Waals surface area contributed by atoms with Crippen molar-refractivity contribution in [2.75, 3.05) is 13.1 Å². The fourth-order valence-corrected chi connectivity index (χ4v) is 4.16. The summed E-state index contributed by atoms with van der Waals surface area (Å²) in [6.45, 7) is 1.79. The highest BCUT2D eigenvalue weighted by Crippen LogP contribution is 2.33. The smallest absolute Gasteiger partial charge is 0.246 e. The van der Waals surface area contributed by atoms with Gasteiger partial charge in [-0.25, -0.2) is 0 Å². The van der Waals surface area contributed by atoms with Crippen molar-refractivity contribution in [1.29, 1.82) is 0 Å². The maximum absolute atomic E-state index is 12.0. The van der Waals surface area contributed by atoms with Gasteiger partial charge in [-0.2, -0.15) is 0 Å². The second-order valence-corrected chi connectivity index (χ2v) is 7.22. The predicted molar refractivity (Wildman–Crippen MR) is 102 cm³/mol. The number of likely N-dealkylation sites (tertiary alicyclic amines) is 1. The Morgan fingerprint density at radius 1 is 1.00 bits per heavy atom. The standard InChI is InChI=1S/C21H19NOS/c23-21(22-13-3-4-14-22)12-9-16-7-10-17(11-8-16)20-15-18-5-1-2-6-19(18)24-20/h1-2,5-12,15H,3-4,13-14H2/b12-9+. The van der Waals surface area contributed by atoms with E-state index >= 15 is 0 Å².